The van der Waals surface area contributed by atoms with Gasteiger partial charge in [-0.15, -0.1) is 23.4 Å². The number of hydrogen-bond acceptors (Lipinski definition) is 6. The lowest BCUT2D eigenvalue weighted by Crippen LogP contribution is -2.26. The molecule has 0 saturated carbocycles. The molecule has 0 saturated heterocycles. The molecule has 0 aliphatic heterocycles. The molecular weight excluding hydrogens is 443 g/mol. The van der Waals surface area contributed by atoms with E-state index in [1.54, 1.807) is 30.3 Å². The van der Waals surface area contributed by atoms with E-state index < -0.39 is 12.3 Å². The topological polar surface area (TPSA) is 95.1 Å². The van der Waals surface area contributed by atoms with E-state index in [1.807, 2.05) is 0 Å². The number of halogens is 4. The predicted octanol–water partition coefficient (Wildman–Crippen LogP) is 3.62. The van der Waals surface area contributed by atoms with Crippen LogP contribution in [0.5, 0.6) is 5.75 Å². The van der Waals surface area contributed by atoms with E-state index >= 15 is 0 Å². The van der Waals surface area contributed by atoms with Crippen LogP contribution < -0.4 is 15.9 Å². The van der Waals surface area contributed by atoms with Crippen molar-refractivity contribution >= 4 is 29.3 Å². The molecule has 1 heterocycles. The van der Waals surface area contributed by atoms with Crippen molar-refractivity contribution in [3.63, 3.8) is 0 Å². The lowest BCUT2D eigenvalue weighted by Gasteiger charge is -2.13. The van der Waals surface area contributed by atoms with Gasteiger partial charge in [0.05, 0.1) is 5.75 Å². The monoisotopic (exact) mass is 457 g/mol. The second-order valence-corrected chi connectivity index (χ2v) is 7.28. The number of benzene rings is 2. The number of thioether (sulfide) groups is 1. The summed E-state index contributed by atoms with van der Waals surface area (Å²) in [5.41, 5.74) is 0.896. The minimum Gasteiger partial charge on any atom is -0.405 e. The van der Waals surface area contributed by atoms with Gasteiger partial charge in [0.15, 0.2) is 5.82 Å². The Morgan fingerprint density at radius 2 is 1.87 bits per heavy atom. The minimum atomic E-state index is -4.82. The molecule has 0 bridgehead atoms. The summed E-state index contributed by atoms with van der Waals surface area (Å²) in [5.74, 6) is 5.54. The zero-order valence-electron chi connectivity index (χ0n) is 15.2. The van der Waals surface area contributed by atoms with Crippen molar-refractivity contribution in [2.45, 2.75) is 18.1 Å². The van der Waals surface area contributed by atoms with Gasteiger partial charge in [0.1, 0.15) is 5.75 Å². The third kappa shape index (κ3) is 5.80. The third-order valence-electron chi connectivity index (χ3n) is 3.77. The van der Waals surface area contributed by atoms with Crippen LogP contribution in [-0.4, -0.2) is 32.9 Å². The Morgan fingerprint density at radius 3 is 2.57 bits per heavy atom. The molecule has 7 nitrogen and oxygen atoms in total. The Morgan fingerprint density at radius 1 is 1.17 bits per heavy atom. The second kappa shape index (κ2) is 9.26. The summed E-state index contributed by atoms with van der Waals surface area (Å²) in [4.78, 5) is 12.1. The van der Waals surface area contributed by atoms with Gasteiger partial charge in [-0.2, -0.15) is 0 Å². The first-order chi connectivity index (χ1) is 14.2. The van der Waals surface area contributed by atoms with Crippen molar-refractivity contribution < 1.29 is 22.7 Å². The molecule has 1 aromatic heterocycles. The normalized spacial score (nSPS) is 11.3. The van der Waals surface area contributed by atoms with Gasteiger partial charge in [-0.3, -0.25) is 4.79 Å². The van der Waals surface area contributed by atoms with Gasteiger partial charge >= 0.3 is 6.36 Å². The van der Waals surface area contributed by atoms with Crippen molar-refractivity contribution in [1.82, 2.24) is 20.2 Å². The van der Waals surface area contributed by atoms with E-state index in [9.17, 15) is 18.0 Å². The van der Waals surface area contributed by atoms with Crippen LogP contribution in [0.3, 0.4) is 0 Å². The summed E-state index contributed by atoms with van der Waals surface area (Å²) in [6.45, 7) is -0.128. The van der Waals surface area contributed by atoms with E-state index in [0.717, 1.165) is 11.8 Å². The summed E-state index contributed by atoms with van der Waals surface area (Å²) in [5, 5.41) is 11.4. The van der Waals surface area contributed by atoms with E-state index in [-0.39, 0.29) is 23.6 Å². The maximum absolute atomic E-state index is 12.5. The van der Waals surface area contributed by atoms with Crippen LogP contribution in [0, 0.1) is 0 Å². The number of carbonyl (C=O) groups excluding carboxylic acids is 1. The smallest absolute Gasteiger partial charge is 0.405 e. The summed E-state index contributed by atoms with van der Waals surface area (Å²) >= 11 is 6.90. The number of hydrogen-bond donors (Lipinski definition) is 2. The van der Waals surface area contributed by atoms with Gasteiger partial charge < -0.3 is 15.9 Å². The molecule has 0 fully saturated rings. The Hall–Kier alpha value is -2.92. The number of nitrogen functional groups attached to an aromatic ring is 1. The van der Waals surface area contributed by atoms with E-state index in [0.29, 0.717) is 21.6 Å². The Kier molecular flexibility index (Phi) is 6.73. The standard InChI is InChI=1S/C18H15ClF3N5O2S/c19-13-7-5-11(6-8-13)16-25-26-17(27(16)23)30-10-15(28)24-9-12-3-1-2-4-14(12)29-18(20,21)22/h1-8H,9-10,23H2,(H,24,28). The van der Waals surface area contributed by atoms with Crippen LogP contribution in [-0.2, 0) is 11.3 Å². The molecule has 0 atom stereocenters. The van der Waals surface area contributed by atoms with Crippen LogP contribution in [0.2, 0.25) is 5.02 Å². The molecule has 0 radical (unpaired) electrons. The molecule has 0 spiro atoms. The summed E-state index contributed by atoms with van der Waals surface area (Å²) in [6.07, 6.45) is -4.82. The molecule has 158 valence electrons. The third-order valence-corrected chi connectivity index (χ3v) is 4.97. The highest BCUT2D eigenvalue weighted by atomic mass is 35.5. The molecule has 2 aromatic carbocycles. The highest BCUT2D eigenvalue weighted by Gasteiger charge is 2.32. The van der Waals surface area contributed by atoms with Crippen LogP contribution >= 0.6 is 23.4 Å². The van der Waals surface area contributed by atoms with E-state index in [1.165, 1.54) is 22.9 Å². The number of carbonyl (C=O) groups is 1. The van der Waals surface area contributed by atoms with Crippen molar-refractivity contribution in [2.24, 2.45) is 0 Å². The summed E-state index contributed by atoms with van der Waals surface area (Å²) < 4.78 is 42.6. The molecule has 0 unspecified atom stereocenters. The zero-order valence-corrected chi connectivity index (χ0v) is 16.8. The quantitative estimate of drug-likeness (QED) is 0.415. The van der Waals surface area contributed by atoms with Crippen LogP contribution in [0.1, 0.15) is 5.56 Å². The Bertz CT molecular complexity index is 1030. The molecule has 30 heavy (non-hydrogen) atoms. The van der Waals surface area contributed by atoms with Gasteiger partial charge in [0.25, 0.3) is 0 Å². The molecule has 1 amide bonds. The number of amides is 1. The molecule has 3 rings (SSSR count). The Balaban J connectivity index is 1.57. The lowest BCUT2D eigenvalue weighted by molar-refractivity contribution is -0.274. The summed E-state index contributed by atoms with van der Waals surface area (Å²) in [6, 6.07) is 12.4. The Labute approximate surface area is 178 Å². The largest absolute Gasteiger partial charge is 0.573 e. The maximum atomic E-state index is 12.5. The number of nitrogens with zero attached hydrogens (tertiary/aromatic N) is 3. The molecule has 3 aromatic rings. The van der Waals surface area contributed by atoms with E-state index in [2.05, 4.69) is 20.3 Å². The van der Waals surface area contributed by atoms with Crippen LogP contribution in [0.25, 0.3) is 11.4 Å². The van der Waals surface area contributed by atoms with E-state index in [4.69, 9.17) is 17.4 Å². The van der Waals surface area contributed by atoms with Crippen molar-refractivity contribution in [2.75, 3.05) is 11.6 Å². The highest BCUT2D eigenvalue weighted by molar-refractivity contribution is 7.99. The highest BCUT2D eigenvalue weighted by Crippen LogP contribution is 2.26. The zero-order chi connectivity index (χ0) is 21.7. The maximum Gasteiger partial charge on any atom is 0.573 e. The van der Waals surface area contributed by atoms with Gasteiger partial charge in [0.2, 0.25) is 11.1 Å². The van der Waals surface area contributed by atoms with Crippen molar-refractivity contribution in [3.05, 3.63) is 59.1 Å². The van der Waals surface area contributed by atoms with Crippen molar-refractivity contribution in [3.8, 4) is 17.1 Å². The SMILES string of the molecule is Nn1c(SCC(=O)NCc2ccccc2OC(F)(F)F)nnc1-c1ccc(Cl)cc1. The fourth-order valence-corrected chi connectivity index (χ4v) is 3.23. The van der Waals surface area contributed by atoms with Gasteiger partial charge in [-0.1, -0.05) is 41.6 Å². The number of aromatic nitrogens is 3. The summed E-state index contributed by atoms with van der Waals surface area (Å²) in [7, 11) is 0. The van der Waals surface area contributed by atoms with Gasteiger partial charge in [0, 0.05) is 22.7 Å². The van der Waals surface area contributed by atoms with Crippen LogP contribution in [0.15, 0.2) is 53.7 Å². The lowest BCUT2D eigenvalue weighted by atomic mass is 10.2. The number of para-hydroxylation sites is 1. The molecule has 0 aliphatic carbocycles. The van der Waals surface area contributed by atoms with Gasteiger partial charge in [-0.05, 0) is 30.3 Å². The second-order valence-electron chi connectivity index (χ2n) is 5.90. The molecule has 0 aliphatic rings. The number of ether oxygens (including phenoxy) is 1. The average Bonchev–Trinajstić information content (AvgIpc) is 3.05. The molecule has 3 N–H and O–H groups in total. The number of nitrogens with two attached hydrogens (primary N) is 1. The number of rotatable bonds is 7. The number of nitrogens with one attached hydrogen (secondary N) is 1. The first-order valence-corrected chi connectivity index (χ1v) is 9.79. The number of alkyl halides is 3. The van der Waals surface area contributed by atoms with Crippen molar-refractivity contribution in [1.29, 1.82) is 0 Å². The molecule has 12 heteroatoms. The van der Waals surface area contributed by atoms with Gasteiger partial charge in [-0.25, -0.2) is 4.68 Å². The van der Waals surface area contributed by atoms with Crippen LogP contribution in [0.4, 0.5) is 13.2 Å². The minimum absolute atomic E-state index is 0.0573. The average molecular weight is 458 g/mol. The first-order valence-electron chi connectivity index (χ1n) is 8.42. The first kappa shape index (κ1) is 21.8. The predicted molar refractivity (Wildman–Crippen MR) is 106 cm³/mol. The fraction of sp³-hybridized carbons (Fsp3) is 0.167. The molecular formula is C18H15ClF3N5O2S. The fourth-order valence-electron chi connectivity index (χ4n) is 2.42.